The van der Waals surface area contributed by atoms with Gasteiger partial charge in [-0.2, -0.15) is 0 Å². The molecule has 1 aromatic carbocycles. The number of benzene rings is 1. The second-order valence-corrected chi connectivity index (χ2v) is 5.88. The Balaban J connectivity index is 1.77. The maximum Gasteiger partial charge on any atom is 0.414 e. The number of amides is 3. The van der Waals surface area contributed by atoms with Gasteiger partial charge in [-0.05, 0) is 19.1 Å². The molecule has 0 radical (unpaired) electrons. The number of cyclic esters (lactones) is 1. The summed E-state index contributed by atoms with van der Waals surface area (Å²) in [4.78, 5) is 37.4. The third kappa shape index (κ3) is 2.99. The van der Waals surface area contributed by atoms with Crippen LogP contribution in [-0.4, -0.2) is 50.3 Å². The zero-order valence-corrected chi connectivity index (χ0v) is 13.5. The number of carbonyl (C=O) groups excluding carboxylic acids is 3. The molecule has 0 spiro atoms. The summed E-state index contributed by atoms with van der Waals surface area (Å²) in [6.07, 6.45) is -0.0919. The van der Waals surface area contributed by atoms with Gasteiger partial charge in [-0.3, -0.25) is 14.5 Å². The quantitative estimate of drug-likeness (QED) is 0.827. The van der Waals surface area contributed by atoms with Gasteiger partial charge in [-0.25, -0.2) is 4.79 Å². The molecular formula is C16H19N3O5. The largest absolute Gasteiger partial charge is 0.489 e. The summed E-state index contributed by atoms with van der Waals surface area (Å²) in [6, 6.07) is 5.18. The van der Waals surface area contributed by atoms with Crippen LogP contribution >= 0.6 is 0 Å². The Morgan fingerprint density at radius 2 is 2.25 bits per heavy atom. The molecule has 1 aromatic rings. The molecule has 1 fully saturated rings. The summed E-state index contributed by atoms with van der Waals surface area (Å²) in [7, 11) is 0. The molecule has 2 atom stereocenters. The topological polar surface area (TPSA) is 88.2 Å². The molecule has 0 aliphatic carbocycles. The van der Waals surface area contributed by atoms with Crippen LogP contribution in [0.4, 0.5) is 16.2 Å². The Labute approximate surface area is 139 Å². The lowest BCUT2D eigenvalue weighted by molar-refractivity contribution is -0.119. The minimum Gasteiger partial charge on any atom is -0.489 e. The highest BCUT2D eigenvalue weighted by Crippen LogP contribution is 2.37. The average molecular weight is 333 g/mol. The summed E-state index contributed by atoms with van der Waals surface area (Å²) in [6.45, 7) is 4.32. The molecule has 24 heavy (non-hydrogen) atoms. The number of nitrogens with zero attached hydrogens (tertiary/aromatic N) is 2. The Kier molecular flexibility index (Phi) is 4.28. The molecule has 0 aromatic heterocycles. The lowest BCUT2D eigenvalue weighted by atomic mass is 10.1. The van der Waals surface area contributed by atoms with Crippen molar-refractivity contribution in [2.24, 2.45) is 0 Å². The highest BCUT2D eigenvalue weighted by atomic mass is 16.6. The maximum atomic E-state index is 12.1. The first-order valence-electron chi connectivity index (χ1n) is 7.72. The van der Waals surface area contributed by atoms with E-state index < -0.39 is 12.2 Å². The predicted octanol–water partition coefficient (Wildman–Crippen LogP) is 0.892. The first kappa shape index (κ1) is 16.1. The van der Waals surface area contributed by atoms with E-state index in [1.807, 2.05) is 6.92 Å². The van der Waals surface area contributed by atoms with Gasteiger partial charge >= 0.3 is 6.09 Å². The molecule has 0 unspecified atom stereocenters. The molecule has 2 heterocycles. The van der Waals surface area contributed by atoms with E-state index in [0.717, 1.165) is 6.41 Å². The van der Waals surface area contributed by atoms with E-state index in [-0.39, 0.29) is 18.5 Å². The monoisotopic (exact) mass is 333 g/mol. The van der Waals surface area contributed by atoms with E-state index in [9.17, 15) is 14.4 Å². The van der Waals surface area contributed by atoms with Gasteiger partial charge in [-0.15, -0.1) is 0 Å². The number of ether oxygens (including phenoxy) is 2. The second-order valence-electron chi connectivity index (χ2n) is 5.88. The summed E-state index contributed by atoms with van der Waals surface area (Å²) in [5.41, 5.74) is 1.30. The van der Waals surface area contributed by atoms with E-state index in [1.165, 1.54) is 11.8 Å². The fourth-order valence-corrected chi connectivity index (χ4v) is 2.78. The first-order chi connectivity index (χ1) is 11.5. The number of fused-ring (bicyclic) bond motifs is 1. The highest BCUT2D eigenvalue weighted by molar-refractivity contribution is 5.91. The second kappa shape index (κ2) is 6.38. The average Bonchev–Trinajstić information content (AvgIpc) is 2.93. The first-order valence-corrected chi connectivity index (χ1v) is 7.72. The Hall–Kier alpha value is -2.77. The number of hydrogen-bond donors (Lipinski definition) is 1. The van der Waals surface area contributed by atoms with Crippen LogP contribution in [0.25, 0.3) is 0 Å². The molecule has 1 saturated heterocycles. The standard InChI is InChI=1S/C16H19N3O5/c1-10-8-23-15-5-12(3-4-14(15)19(10)9-20)18-7-13(24-16(18)22)6-17-11(2)21/h3-5,9-10,13H,6-8H2,1-2H3,(H,17,21)/t10-,13-/m0/s1. The molecule has 1 N–H and O–H groups in total. The van der Waals surface area contributed by atoms with Crippen LogP contribution in [0.15, 0.2) is 18.2 Å². The van der Waals surface area contributed by atoms with Crippen LogP contribution in [0.3, 0.4) is 0 Å². The van der Waals surface area contributed by atoms with Gasteiger partial charge in [0.1, 0.15) is 18.5 Å². The Morgan fingerprint density at radius 3 is 2.96 bits per heavy atom. The van der Waals surface area contributed by atoms with Crippen molar-refractivity contribution < 1.29 is 23.9 Å². The van der Waals surface area contributed by atoms with Crippen molar-refractivity contribution in [1.29, 1.82) is 0 Å². The van der Waals surface area contributed by atoms with Crippen LogP contribution in [0.1, 0.15) is 13.8 Å². The molecule has 0 saturated carbocycles. The van der Waals surface area contributed by atoms with Gasteiger partial charge in [0.15, 0.2) is 0 Å². The van der Waals surface area contributed by atoms with Gasteiger partial charge in [0, 0.05) is 13.0 Å². The highest BCUT2D eigenvalue weighted by Gasteiger charge is 2.33. The van der Waals surface area contributed by atoms with Gasteiger partial charge in [0.25, 0.3) is 0 Å². The van der Waals surface area contributed by atoms with Gasteiger partial charge in [0.05, 0.1) is 30.5 Å². The van der Waals surface area contributed by atoms with Crippen LogP contribution in [0.2, 0.25) is 0 Å². The Bertz CT molecular complexity index is 678. The van der Waals surface area contributed by atoms with Crippen molar-refractivity contribution in [1.82, 2.24) is 5.32 Å². The molecule has 8 nitrogen and oxygen atoms in total. The molecule has 8 heteroatoms. The number of anilines is 2. The zero-order chi connectivity index (χ0) is 17.3. The minimum atomic E-state index is -0.471. The SMILES string of the molecule is CC(=O)NC[C@H]1CN(c2ccc3c(c2)OC[C@H](C)N3C=O)C(=O)O1. The van der Waals surface area contributed by atoms with Crippen molar-refractivity contribution in [2.75, 3.05) is 29.5 Å². The van der Waals surface area contributed by atoms with Gasteiger partial charge < -0.3 is 19.7 Å². The van der Waals surface area contributed by atoms with Crippen molar-refractivity contribution in [3.05, 3.63) is 18.2 Å². The lowest BCUT2D eigenvalue weighted by Gasteiger charge is -2.32. The van der Waals surface area contributed by atoms with Crippen LogP contribution < -0.4 is 19.9 Å². The fourth-order valence-electron chi connectivity index (χ4n) is 2.78. The van der Waals surface area contributed by atoms with Crippen molar-refractivity contribution in [3.63, 3.8) is 0 Å². The smallest absolute Gasteiger partial charge is 0.414 e. The van der Waals surface area contributed by atoms with Gasteiger partial charge in [0.2, 0.25) is 12.3 Å². The summed E-state index contributed by atoms with van der Waals surface area (Å²) in [5.74, 6) is 0.380. The molecule has 2 aliphatic heterocycles. The molecular weight excluding hydrogens is 314 g/mol. The van der Waals surface area contributed by atoms with E-state index in [4.69, 9.17) is 9.47 Å². The van der Waals surface area contributed by atoms with Crippen LogP contribution in [0.5, 0.6) is 5.75 Å². The van der Waals surface area contributed by atoms with Crippen molar-refractivity contribution in [3.8, 4) is 5.75 Å². The lowest BCUT2D eigenvalue weighted by Crippen LogP contribution is -2.40. The summed E-state index contributed by atoms with van der Waals surface area (Å²) >= 11 is 0. The van der Waals surface area contributed by atoms with Gasteiger partial charge in [-0.1, -0.05) is 0 Å². The normalized spacial score (nSPS) is 22.5. The number of nitrogens with one attached hydrogen (secondary N) is 1. The van der Waals surface area contributed by atoms with E-state index in [0.29, 0.717) is 30.3 Å². The third-order valence-electron chi connectivity index (χ3n) is 4.05. The van der Waals surface area contributed by atoms with E-state index >= 15 is 0 Å². The van der Waals surface area contributed by atoms with Crippen molar-refractivity contribution >= 4 is 29.8 Å². The number of carbonyl (C=O) groups is 3. The third-order valence-corrected chi connectivity index (χ3v) is 4.05. The Morgan fingerprint density at radius 1 is 1.46 bits per heavy atom. The zero-order valence-electron chi connectivity index (χ0n) is 13.5. The molecule has 3 amide bonds. The fraction of sp³-hybridized carbons (Fsp3) is 0.438. The molecule has 3 rings (SSSR count). The molecule has 2 aliphatic rings. The summed E-state index contributed by atoms with van der Waals surface area (Å²) < 4.78 is 10.9. The maximum absolute atomic E-state index is 12.1. The van der Waals surface area contributed by atoms with Crippen LogP contribution in [-0.2, 0) is 14.3 Å². The van der Waals surface area contributed by atoms with Crippen LogP contribution in [0, 0.1) is 0 Å². The van der Waals surface area contributed by atoms with E-state index in [2.05, 4.69) is 5.32 Å². The number of hydrogen-bond acceptors (Lipinski definition) is 5. The molecule has 0 bridgehead atoms. The van der Waals surface area contributed by atoms with Crippen molar-refractivity contribution in [2.45, 2.75) is 26.0 Å². The van der Waals surface area contributed by atoms with E-state index in [1.54, 1.807) is 23.1 Å². The minimum absolute atomic E-state index is 0.0420. The predicted molar refractivity (Wildman–Crippen MR) is 86.2 cm³/mol. The molecule has 128 valence electrons. The number of rotatable bonds is 4. The summed E-state index contributed by atoms with van der Waals surface area (Å²) in [5, 5.41) is 2.64.